The van der Waals surface area contributed by atoms with E-state index in [9.17, 15) is 9.59 Å². The van der Waals surface area contributed by atoms with Crippen LogP contribution in [0.1, 0.15) is 42.7 Å². The Kier molecular flexibility index (Phi) is 6.47. The fourth-order valence-electron chi connectivity index (χ4n) is 3.71. The van der Waals surface area contributed by atoms with Gasteiger partial charge in [0.15, 0.2) is 0 Å². The van der Waals surface area contributed by atoms with E-state index in [2.05, 4.69) is 34.9 Å². The van der Waals surface area contributed by atoms with E-state index in [1.165, 1.54) is 0 Å². The van der Waals surface area contributed by atoms with Crippen LogP contribution in [-0.2, 0) is 4.79 Å². The first kappa shape index (κ1) is 19.0. The van der Waals surface area contributed by atoms with Crippen molar-refractivity contribution in [3.05, 3.63) is 71.8 Å². The van der Waals surface area contributed by atoms with E-state index in [0.29, 0.717) is 32.2 Å². The summed E-state index contributed by atoms with van der Waals surface area (Å²) in [6.45, 7) is 0.504. The number of carbonyl (C=O) groups excluding carboxylic acids is 1. The standard InChI is InChI=1S/C22H26N2O3/c25-21(26)18-11-13-19(14-12-18)24-22(27)23-15-20(16-7-3-1-4-8-16)17-9-5-2-6-10-17/h1-10,18-20H,11-15H2,(H,25,26)(H2,23,24,27). The van der Waals surface area contributed by atoms with E-state index in [0.717, 1.165) is 11.1 Å². The Labute approximate surface area is 159 Å². The molecule has 0 unspecified atom stereocenters. The Morgan fingerprint density at radius 2 is 1.41 bits per heavy atom. The van der Waals surface area contributed by atoms with Crippen LogP contribution in [0, 0.1) is 5.92 Å². The summed E-state index contributed by atoms with van der Waals surface area (Å²) in [7, 11) is 0. The molecule has 0 saturated heterocycles. The lowest BCUT2D eigenvalue weighted by molar-refractivity contribution is -0.142. The molecule has 2 aromatic carbocycles. The Bertz CT molecular complexity index is 701. The Balaban J connectivity index is 1.56. The summed E-state index contributed by atoms with van der Waals surface area (Å²) in [5.74, 6) is -0.918. The van der Waals surface area contributed by atoms with Crippen LogP contribution in [0.15, 0.2) is 60.7 Å². The van der Waals surface area contributed by atoms with Crippen molar-refractivity contribution in [3.8, 4) is 0 Å². The molecule has 3 rings (SSSR count). The fraction of sp³-hybridized carbons (Fsp3) is 0.364. The molecule has 0 bridgehead atoms. The second-order valence-electron chi connectivity index (χ2n) is 7.12. The quantitative estimate of drug-likeness (QED) is 0.728. The average Bonchev–Trinajstić information content (AvgIpc) is 2.70. The van der Waals surface area contributed by atoms with Gasteiger partial charge in [0.1, 0.15) is 0 Å². The molecular weight excluding hydrogens is 340 g/mol. The van der Waals surface area contributed by atoms with Crippen molar-refractivity contribution in [2.45, 2.75) is 37.6 Å². The van der Waals surface area contributed by atoms with Gasteiger partial charge in [0.25, 0.3) is 0 Å². The minimum atomic E-state index is -0.730. The number of hydrogen-bond donors (Lipinski definition) is 3. The van der Waals surface area contributed by atoms with Crippen molar-refractivity contribution in [1.82, 2.24) is 10.6 Å². The van der Waals surface area contributed by atoms with E-state index >= 15 is 0 Å². The Morgan fingerprint density at radius 3 is 1.89 bits per heavy atom. The first-order chi connectivity index (χ1) is 13.1. The van der Waals surface area contributed by atoms with Crippen molar-refractivity contribution >= 4 is 12.0 Å². The van der Waals surface area contributed by atoms with Gasteiger partial charge in [-0.1, -0.05) is 60.7 Å². The van der Waals surface area contributed by atoms with Gasteiger partial charge < -0.3 is 15.7 Å². The number of hydrogen-bond acceptors (Lipinski definition) is 2. The third-order valence-electron chi connectivity index (χ3n) is 5.28. The summed E-state index contributed by atoms with van der Waals surface area (Å²) in [5, 5.41) is 15.1. The van der Waals surface area contributed by atoms with Gasteiger partial charge in [-0.25, -0.2) is 4.79 Å². The lowest BCUT2D eigenvalue weighted by Crippen LogP contribution is -2.45. The second kappa shape index (κ2) is 9.21. The number of rotatable bonds is 6. The van der Waals surface area contributed by atoms with E-state index < -0.39 is 5.97 Å². The first-order valence-electron chi connectivity index (χ1n) is 9.50. The minimum absolute atomic E-state index is 0.0486. The predicted molar refractivity (Wildman–Crippen MR) is 105 cm³/mol. The number of carboxylic acids is 1. The number of carboxylic acid groups (broad SMARTS) is 1. The Hall–Kier alpha value is -2.82. The normalized spacial score (nSPS) is 19.4. The zero-order valence-electron chi connectivity index (χ0n) is 15.3. The van der Waals surface area contributed by atoms with Crippen molar-refractivity contribution in [1.29, 1.82) is 0 Å². The van der Waals surface area contributed by atoms with E-state index in [1.54, 1.807) is 0 Å². The first-order valence-corrected chi connectivity index (χ1v) is 9.50. The highest BCUT2D eigenvalue weighted by Crippen LogP contribution is 2.25. The van der Waals surface area contributed by atoms with Crippen molar-refractivity contribution < 1.29 is 14.7 Å². The lowest BCUT2D eigenvalue weighted by atomic mass is 9.86. The number of benzene rings is 2. The monoisotopic (exact) mass is 366 g/mol. The molecule has 1 saturated carbocycles. The maximum atomic E-state index is 12.4. The highest BCUT2D eigenvalue weighted by molar-refractivity contribution is 5.74. The zero-order chi connectivity index (χ0) is 19.1. The van der Waals surface area contributed by atoms with Crippen LogP contribution in [0.2, 0.25) is 0 Å². The molecule has 1 aliphatic rings. The summed E-state index contributed by atoms with van der Waals surface area (Å²) in [5.41, 5.74) is 2.32. The van der Waals surface area contributed by atoms with Crippen LogP contribution in [0.4, 0.5) is 4.79 Å². The number of aliphatic carboxylic acids is 1. The van der Waals surface area contributed by atoms with Crippen LogP contribution < -0.4 is 10.6 Å². The smallest absolute Gasteiger partial charge is 0.315 e. The third-order valence-corrected chi connectivity index (χ3v) is 5.28. The van der Waals surface area contributed by atoms with Gasteiger partial charge in [-0.15, -0.1) is 0 Å². The molecule has 0 radical (unpaired) electrons. The molecule has 2 amide bonds. The molecule has 0 spiro atoms. The van der Waals surface area contributed by atoms with E-state index in [-0.39, 0.29) is 23.9 Å². The number of carbonyl (C=O) groups is 2. The summed E-state index contributed by atoms with van der Waals surface area (Å²) >= 11 is 0. The summed E-state index contributed by atoms with van der Waals surface area (Å²) in [6.07, 6.45) is 2.67. The SMILES string of the molecule is O=C(NCC(c1ccccc1)c1ccccc1)NC1CCC(C(=O)O)CC1. The van der Waals surface area contributed by atoms with Crippen LogP contribution in [0.5, 0.6) is 0 Å². The third kappa shape index (κ3) is 5.33. The molecule has 2 aromatic rings. The van der Waals surface area contributed by atoms with E-state index in [1.807, 2.05) is 36.4 Å². The molecule has 0 aromatic heterocycles. The summed E-state index contributed by atoms with van der Waals surface area (Å²) in [6, 6.07) is 20.2. The molecule has 0 atom stereocenters. The highest BCUT2D eigenvalue weighted by atomic mass is 16.4. The topological polar surface area (TPSA) is 78.4 Å². The van der Waals surface area contributed by atoms with Gasteiger partial charge in [0.2, 0.25) is 0 Å². The van der Waals surface area contributed by atoms with Crippen LogP contribution >= 0.6 is 0 Å². The van der Waals surface area contributed by atoms with Gasteiger partial charge in [0.05, 0.1) is 5.92 Å². The highest BCUT2D eigenvalue weighted by Gasteiger charge is 2.26. The second-order valence-corrected chi connectivity index (χ2v) is 7.12. The molecule has 142 valence electrons. The van der Waals surface area contributed by atoms with Gasteiger partial charge in [0, 0.05) is 18.5 Å². The molecular formula is C22H26N2O3. The van der Waals surface area contributed by atoms with Crippen molar-refractivity contribution in [2.24, 2.45) is 5.92 Å². The Morgan fingerprint density at radius 1 is 0.889 bits per heavy atom. The predicted octanol–water partition coefficient (Wildman–Crippen LogP) is 3.76. The molecule has 0 aliphatic heterocycles. The number of amides is 2. The fourth-order valence-corrected chi connectivity index (χ4v) is 3.71. The van der Waals surface area contributed by atoms with E-state index in [4.69, 9.17) is 5.11 Å². The van der Waals surface area contributed by atoms with Crippen LogP contribution in [0.25, 0.3) is 0 Å². The summed E-state index contributed by atoms with van der Waals surface area (Å²) < 4.78 is 0. The van der Waals surface area contributed by atoms with Gasteiger partial charge in [-0.3, -0.25) is 4.79 Å². The average molecular weight is 366 g/mol. The zero-order valence-corrected chi connectivity index (χ0v) is 15.3. The molecule has 5 heteroatoms. The van der Waals surface area contributed by atoms with Gasteiger partial charge in [-0.2, -0.15) is 0 Å². The molecule has 0 heterocycles. The van der Waals surface area contributed by atoms with Gasteiger partial charge >= 0.3 is 12.0 Å². The number of nitrogens with one attached hydrogen (secondary N) is 2. The molecule has 5 nitrogen and oxygen atoms in total. The summed E-state index contributed by atoms with van der Waals surface area (Å²) in [4.78, 5) is 23.4. The maximum absolute atomic E-state index is 12.4. The molecule has 1 aliphatic carbocycles. The van der Waals surface area contributed by atoms with Crippen molar-refractivity contribution in [3.63, 3.8) is 0 Å². The number of urea groups is 1. The van der Waals surface area contributed by atoms with Crippen LogP contribution in [-0.4, -0.2) is 29.7 Å². The lowest BCUT2D eigenvalue weighted by Gasteiger charge is -2.27. The van der Waals surface area contributed by atoms with Gasteiger partial charge in [-0.05, 0) is 36.8 Å². The largest absolute Gasteiger partial charge is 0.481 e. The molecule has 27 heavy (non-hydrogen) atoms. The van der Waals surface area contributed by atoms with Crippen molar-refractivity contribution in [2.75, 3.05) is 6.54 Å². The van der Waals surface area contributed by atoms with Crippen LogP contribution in [0.3, 0.4) is 0 Å². The molecule has 1 fully saturated rings. The minimum Gasteiger partial charge on any atom is -0.481 e. The maximum Gasteiger partial charge on any atom is 0.315 e. The molecule has 3 N–H and O–H groups in total.